The van der Waals surface area contributed by atoms with E-state index in [0.29, 0.717) is 12.1 Å². The number of aryl methyl sites for hydroxylation is 1. The lowest BCUT2D eigenvalue weighted by Crippen LogP contribution is -2.30. The second-order valence-corrected chi connectivity index (χ2v) is 7.23. The largest absolute Gasteiger partial charge is 0.269 e. The Balaban J connectivity index is 1.89. The van der Waals surface area contributed by atoms with Gasteiger partial charge in [-0.25, -0.2) is 12.8 Å². The van der Waals surface area contributed by atoms with Crippen molar-refractivity contribution in [3.8, 4) is 0 Å². The van der Waals surface area contributed by atoms with Gasteiger partial charge in [0.15, 0.2) is 0 Å². The summed E-state index contributed by atoms with van der Waals surface area (Å²) >= 11 is 0. The number of anilines is 1. The fraction of sp³-hybridized carbons (Fsp3) is 0.250. The van der Waals surface area contributed by atoms with Crippen LogP contribution in [0.1, 0.15) is 16.7 Å². The number of sulfonamides is 1. The first kappa shape index (κ1) is 14.1. The molecule has 21 heavy (non-hydrogen) atoms. The minimum atomic E-state index is -3.44. The second kappa shape index (κ2) is 5.15. The van der Waals surface area contributed by atoms with Crippen molar-refractivity contribution in [2.45, 2.75) is 19.1 Å². The monoisotopic (exact) mass is 305 g/mol. The van der Waals surface area contributed by atoms with Crippen LogP contribution < -0.4 is 4.31 Å². The Morgan fingerprint density at radius 1 is 1.14 bits per heavy atom. The topological polar surface area (TPSA) is 37.4 Å². The molecule has 0 aromatic heterocycles. The summed E-state index contributed by atoms with van der Waals surface area (Å²) in [7, 11) is -3.44. The average Bonchev–Trinajstić information content (AvgIpc) is 2.85. The summed E-state index contributed by atoms with van der Waals surface area (Å²) in [4.78, 5) is 0. The maximum Gasteiger partial charge on any atom is 0.239 e. The van der Waals surface area contributed by atoms with Crippen molar-refractivity contribution in [2.75, 3.05) is 10.8 Å². The third kappa shape index (κ3) is 2.78. The first-order valence-electron chi connectivity index (χ1n) is 6.80. The number of benzene rings is 2. The molecule has 0 N–H and O–H groups in total. The van der Waals surface area contributed by atoms with E-state index in [9.17, 15) is 12.8 Å². The zero-order valence-corrected chi connectivity index (χ0v) is 12.5. The molecule has 1 aliphatic rings. The number of halogens is 1. The van der Waals surface area contributed by atoms with E-state index in [1.807, 2.05) is 25.1 Å². The van der Waals surface area contributed by atoms with Gasteiger partial charge in [0.05, 0.1) is 11.4 Å². The first-order chi connectivity index (χ1) is 9.95. The molecule has 0 atom stereocenters. The number of rotatable bonds is 3. The molecule has 0 saturated heterocycles. The van der Waals surface area contributed by atoms with Crippen molar-refractivity contribution in [1.82, 2.24) is 0 Å². The van der Waals surface area contributed by atoms with E-state index in [4.69, 9.17) is 0 Å². The summed E-state index contributed by atoms with van der Waals surface area (Å²) in [6.07, 6.45) is 0.736. The van der Waals surface area contributed by atoms with Gasteiger partial charge in [-0.15, -0.1) is 0 Å². The van der Waals surface area contributed by atoms with Crippen LogP contribution in [0.4, 0.5) is 10.1 Å². The van der Waals surface area contributed by atoms with E-state index in [1.54, 1.807) is 0 Å². The summed E-state index contributed by atoms with van der Waals surface area (Å²) in [5, 5.41) is 0. The van der Waals surface area contributed by atoms with Gasteiger partial charge in [0.2, 0.25) is 10.0 Å². The third-order valence-electron chi connectivity index (χ3n) is 3.69. The molecule has 5 heteroatoms. The zero-order valence-electron chi connectivity index (χ0n) is 11.7. The molecule has 2 aromatic rings. The van der Waals surface area contributed by atoms with E-state index >= 15 is 0 Å². The molecule has 0 aliphatic carbocycles. The van der Waals surface area contributed by atoms with Gasteiger partial charge in [-0.05, 0) is 42.7 Å². The lowest BCUT2D eigenvalue weighted by atomic mass is 10.1. The highest BCUT2D eigenvalue weighted by atomic mass is 32.2. The highest BCUT2D eigenvalue weighted by molar-refractivity contribution is 7.92. The standard InChI is InChI=1S/C16H16FNO2S/c1-12-2-7-16-14(10-12)8-9-18(16)21(19,20)11-13-3-5-15(17)6-4-13/h2-7,10H,8-9,11H2,1H3. The Bertz CT molecular complexity index is 769. The molecule has 3 nitrogen and oxygen atoms in total. The van der Waals surface area contributed by atoms with E-state index in [1.165, 1.54) is 28.6 Å². The van der Waals surface area contributed by atoms with Crippen LogP contribution in [0.2, 0.25) is 0 Å². The summed E-state index contributed by atoms with van der Waals surface area (Å²) < 4.78 is 39.5. The maximum atomic E-state index is 12.9. The molecule has 0 unspecified atom stereocenters. The summed E-state index contributed by atoms with van der Waals surface area (Å²) in [5.41, 5.74) is 3.56. The molecule has 0 bridgehead atoms. The van der Waals surface area contributed by atoms with Crippen LogP contribution >= 0.6 is 0 Å². The van der Waals surface area contributed by atoms with E-state index < -0.39 is 10.0 Å². The van der Waals surface area contributed by atoms with Gasteiger partial charge in [-0.2, -0.15) is 0 Å². The normalized spacial score (nSPS) is 14.3. The Kier molecular flexibility index (Phi) is 3.45. The molecule has 0 fully saturated rings. The van der Waals surface area contributed by atoms with Crippen LogP contribution in [0.3, 0.4) is 0 Å². The zero-order chi connectivity index (χ0) is 15.0. The van der Waals surface area contributed by atoms with Crippen molar-refractivity contribution < 1.29 is 12.8 Å². The van der Waals surface area contributed by atoms with Crippen molar-refractivity contribution in [3.63, 3.8) is 0 Å². The van der Waals surface area contributed by atoms with Crippen LogP contribution in [0.15, 0.2) is 42.5 Å². The molecular weight excluding hydrogens is 289 g/mol. The molecule has 0 saturated carbocycles. The van der Waals surface area contributed by atoms with Crippen LogP contribution in [0.5, 0.6) is 0 Å². The van der Waals surface area contributed by atoms with E-state index in [0.717, 1.165) is 23.2 Å². The predicted octanol–water partition coefficient (Wildman–Crippen LogP) is 3.03. The SMILES string of the molecule is Cc1ccc2c(c1)CCN2S(=O)(=O)Cc1ccc(F)cc1. The number of hydrogen-bond acceptors (Lipinski definition) is 2. The fourth-order valence-corrected chi connectivity index (χ4v) is 4.28. The predicted molar refractivity (Wildman–Crippen MR) is 81.3 cm³/mol. The molecule has 0 amide bonds. The Hall–Kier alpha value is -1.88. The van der Waals surface area contributed by atoms with Crippen molar-refractivity contribution >= 4 is 15.7 Å². The van der Waals surface area contributed by atoms with Crippen molar-refractivity contribution in [1.29, 1.82) is 0 Å². The molecule has 0 radical (unpaired) electrons. The molecular formula is C16H16FNO2S. The first-order valence-corrected chi connectivity index (χ1v) is 8.41. The van der Waals surface area contributed by atoms with Crippen LogP contribution in [-0.2, 0) is 22.2 Å². The molecule has 1 heterocycles. The number of hydrogen-bond donors (Lipinski definition) is 0. The fourth-order valence-electron chi connectivity index (χ4n) is 2.66. The van der Waals surface area contributed by atoms with E-state index in [-0.39, 0.29) is 11.6 Å². The minimum Gasteiger partial charge on any atom is -0.269 e. The summed E-state index contributed by atoms with van der Waals surface area (Å²) in [6, 6.07) is 11.4. The molecule has 110 valence electrons. The average molecular weight is 305 g/mol. The van der Waals surface area contributed by atoms with Gasteiger partial charge >= 0.3 is 0 Å². The summed E-state index contributed by atoms with van der Waals surface area (Å²) in [5.74, 6) is -0.473. The van der Waals surface area contributed by atoms with Gasteiger partial charge in [-0.3, -0.25) is 4.31 Å². The van der Waals surface area contributed by atoms with Crippen molar-refractivity contribution in [3.05, 3.63) is 65.0 Å². The van der Waals surface area contributed by atoms with Crippen LogP contribution in [0, 0.1) is 12.7 Å². The van der Waals surface area contributed by atoms with E-state index in [2.05, 4.69) is 0 Å². The lowest BCUT2D eigenvalue weighted by molar-refractivity contribution is 0.591. The van der Waals surface area contributed by atoms with Crippen LogP contribution in [-0.4, -0.2) is 15.0 Å². The molecule has 1 aliphatic heterocycles. The highest BCUT2D eigenvalue weighted by Crippen LogP contribution is 2.32. The number of nitrogens with zero attached hydrogens (tertiary/aromatic N) is 1. The van der Waals surface area contributed by atoms with Gasteiger partial charge in [0.1, 0.15) is 5.82 Å². The quantitative estimate of drug-likeness (QED) is 0.874. The third-order valence-corrected chi connectivity index (χ3v) is 5.43. The number of fused-ring (bicyclic) bond motifs is 1. The molecule has 3 rings (SSSR count). The second-order valence-electron chi connectivity index (χ2n) is 5.34. The Morgan fingerprint density at radius 3 is 2.57 bits per heavy atom. The van der Waals surface area contributed by atoms with Crippen molar-refractivity contribution in [2.24, 2.45) is 0 Å². The molecule has 2 aromatic carbocycles. The highest BCUT2D eigenvalue weighted by Gasteiger charge is 2.29. The minimum absolute atomic E-state index is 0.111. The van der Waals surface area contributed by atoms with Crippen LogP contribution in [0.25, 0.3) is 0 Å². The summed E-state index contributed by atoms with van der Waals surface area (Å²) in [6.45, 7) is 2.47. The van der Waals surface area contributed by atoms with Gasteiger partial charge in [-0.1, -0.05) is 29.8 Å². The molecule has 0 spiro atoms. The van der Waals surface area contributed by atoms with Gasteiger partial charge < -0.3 is 0 Å². The Labute approximate surface area is 124 Å². The smallest absolute Gasteiger partial charge is 0.239 e. The maximum absolute atomic E-state index is 12.9. The van der Waals surface area contributed by atoms with Gasteiger partial charge in [0, 0.05) is 6.54 Å². The van der Waals surface area contributed by atoms with Gasteiger partial charge in [0.25, 0.3) is 0 Å². The lowest BCUT2D eigenvalue weighted by Gasteiger charge is -2.19. The Morgan fingerprint density at radius 2 is 1.86 bits per heavy atom.